The number of aryl methyl sites for hydroxylation is 1. The number of benzene rings is 1. The monoisotopic (exact) mass is 207 g/mol. The second kappa shape index (κ2) is 4.05. The second-order valence-electron chi connectivity index (χ2n) is 1.81. The maximum absolute atomic E-state index is 12.2. The Bertz CT molecular complexity index is 225. The summed E-state index contributed by atoms with van der Waals surface area (Å²) in [7, 11) is 0. The Labute approximate surface area is 77.1 Å². The van der Waals surface area contributed by atoms with Crippen molar-refractivity contribution in [1.29, 1.82) is 0 Å². The standard InChI is InChI=1S/C7H5ClF.Zn/c1-5-4-6(9)2-3-7(5)8;/h3-4H,1H3;/q-1;. The van der Waals surface area contributed by atoms with E-state index in [9.17, 15) is 4.39 Å². The van der Waals surface area contributed by atoms with Crippen LogP contribution in [0.2, 0.25) is 5.02 Å². The van der Waals surface area contributed by atoms with Gasteiger partial charge in [-0.3, -0.25) is 0 Å². The van der Waals surface area contributed by atoms with Crippen LogP contribution in [0.5, 0.6) is 0 Å². The summed E-state index contributed by atoms with van der Waals surface area (Å²) in [6.45, 7) is 1.75. The van der Waals surface area contributed by atoms with E-state index in [1.54, 1.807) is 6.92 Å². The van der Waals surface area contributed by atoms with Crippen molar-refractivity contribution < 1.29 is 23.9 Å². The molecule has 0 saturated heterocycles. The number of hydrogen-bond donors (Lipinski definition) is 0. The van der Waals surface area contributed by atoms with Gasteiger partial charge in [0, 0.05) is 25.3 Å². The van der Waals surface area contributed by atoms with Crippen LogP contribution in [0.3, 0.4) is 0 Å². The van der Waals surface area contributed by atoms with Gasteiger partial charge < -0.3 is 0 Å². The summed E-state index contributed by atoms with van der Waals surface area (Å²) < 4.78 is 12.2. The molecule has 1 aromatic rings. The predicted molar refractivity (Wildman–Crippen MR) is 35.0 cm³/mol. The van der Waals surface area contributed by atoms with Crippen molar-refractivity contribution in [2.75, 3.05) is 0 Å². The van der Waals surface area contributed by atoms with Crippen molar-refractivity contribution in [2.24, 2.45) is 0 Å². The van der Waals surface area contributed by atoms with Crippen molar-refractivity contribution in [3.05, 3.63) is 34.6 Å². The summed E-state index contributed by atoms with van der Waals surface area (Å²) in [5, 5.41) is 0.552. The average molecular weight is 209 g/mol. The van der Waals surface area contributed by atoms with Crippen molar-refractivity contribution in [3.8, 4) is 0 Å². The van der Waals surface area contributed by atoms with E-state index in [-0.39, 0.29) is 25.3 Å². The van der Waals surface area contributed by atoms with Gasteiger partial charge in [-0.15, -0.1) is 17.7 Å². The number of rotatable bonds is 0. The van der Waals surface area contributed by atoms with E-state index < -0.39 is 0 Å². The first-order chi connectivity index (χ1) is 4.20. The van der Waals surface area contributed by atoms with E-state index >= 15 is 0 Å². The van der Waals surface area contributed by atoms with Gasteiger partial charge in [-0.05, 0) is 0 Å². The number of halogens is 2. The normalized spacial score (nSPS) is 8.70. The van der Waals surface area contributed by atoms with Gasteiger partial charge in [0.25, 0.3) is 0 Å². The Hall–Kier alpha value is 0.0634. The minimum Gasteiger partial charge on any atom is -0.236 e. The Balaban J connectivity index is 0.000000810. The third kappa shape index (κ3) is 2.36. The molecular formula is C7H5ClFZn-. The number of hydrogen-bond acceptors (Lipinski definition) is 0. The molecule has 0 fully saturated rings. The Morgan fingerprint density at radius 2 is 2.20 bits per heavy atom. The maximum Gasteiger partial charge on any atom is 0.0112 e. The van der Waals surface area contributed by atoms with E-state index in [2.05, 4.69) is 6.07 Å². The van der Waals surface area contributed by atoms with Gasteiger partial charge in [-0.25, -0.2) is 4.39 Å². The molecule has 0 amide bonds. The molecule has 0 heterocycles. The summed E-state index contributed by atoms with van der Waals surface area (Å²) in [4.78, 5) is 0. The molecule has 0 aliphatic rings. The van der Waals surface area contributed by atoms with E-state index in [4.69, 9.17) is 11.6 Å². The zero-order chi connectivity index (χ0) is 6.85. The van der Waals surface area contributed by atoms with Crippen molar-refractivity contribution in [2.45, 2.75) is 6.92 Å². The molecule has 0 bridgehead atoms. The van der Waals surface area contributed by atoms with E-state index in [1.807, 2.05) is 0 Å². The van der Waals surface area contributed by atoms with Crippen LogP contribution in [0, 0.1) is 18.8 Å². The molecule has 0 atom stereocenters. The van der Waals surface area contributed by atoms with Gasteiger partial charge in [-0.2, -0.15) is 17.7 Å². The fourth-order valence-electron chi connectivity index (χ4n) is 0.547. The molecular weight excluding hydrogens is 204 g/mol. The topological polar surface area (TPSA) is 0 Å². The Kier molecular flexibility index (Phi) is 4.08. The van der Waals surface area contributed by atoms with Gasteiger partial charge in [0.2, 0.25) is 0 Å². The van der Waals surface area contributed by atoms with E-state index in [1.165, 1.54) is 12.1 Å². The smallest absolute Gasteiger partial charge is 0.0112 e. The molecule has 0 radical (unpaired) electrons. The Morgan fingerprint density at radius 3 is 2.60 bits per heavy atom. The molecule has 0 nitrogen and oxygen atoms in total. The predicted octanol–water partition coefficient (Wildman–Crippen LogP) is 2.59. The van der Waals surface area contributed by atoms with Crippen LogP contribution in [0.15, 0.2) is 12.1 Å². The molecule has 0 N–H and O–H groups in total. The first-order valence-corrected chi connectivity index (χ1v) is 2.91. The van der Waals surface area contributed by atoms with Crippen LogP contribution >= 0.6 is 11.6 Å². The first-order valence-electron chi connectivity index (χ1n) is 2.53. The fourth-order valence-corrected chi connectivity index (χ4v) is 0.656. The molecule has 3 heteroatoms. The fraction of sp³-hybridized carbons (Fsp3) is 0.143. The van der Waals surface area contributed by atoms with Crippen molar-refractivity contribution in [1.82, 2.24) is 0 Å². The summed E-state index contributed by atoms with van der Waals surface area (Å²) in [6.07, 6.45) is 0. The molecule has 1 rings (SSSR count). The summed E-state index contributed by atoms with van der Waals surface area (Å²) >= 11 is 5.58. The van der Waals surface area contributed by atoms with Gasteiger partial charge in [0.05, 0.1) is 0 Å². The summed E-state index contributed by atoms with van der Waals surface area (Å²) in [5.41, 5.74) is 0.743. The molecule has 0 aliphatic carbocycles. The molecule has 0 aromatic heterocycles. The van der Waals surface area contributed by atoms with Gasteiger partial charge in [0.1, 0.15) is 0 Å². The van der Waals surface area contributed by atoms with Crippen LogP contribution in [-0.2, 0) is 19.5 Å². The molecule has 0 unspecified atom stereocenters. The maximum atomic E-state index is 12.2. The van der Waals surface area contributed by atoms with Crippen LogP contribution in [0.1, 0.15) is 5.56 Å². The average Bonchev–Trinajstić information content (AvgIpc) is 1.80. The molecule has 50 valence electrons. The largest absolute Gasteiger partial charge is 0.236 e. The zero-order valence-corrected chi connectivity index (χ0v) is 9.34. The van der Waals surface area contributed by atoms with Crippen LogP contribution < -0.4 is 0 Å². The van der Waals surface area contributed by atoms with Gasteiger partial charge in [0.15, 0.2) is 0 Å². The van der Waals surface area contributed by atoms with Gasteiger partial charge in [-0.1, -0.05) is 11.9 Å². The quantitative estimate of drug-likeness (QED) is 0.455. The van der Waals surface area contributed by atoms with Crippen molar-refractivity contribution in [3.63, 3.8) is 0 Å². The first kappa shape index (κ1) is 10.1. The minimum absolute atomic E-state index is 0. The van der Waals surface area contributed by atoms with E-state index in [0.717, 1.165) is 5.56 Å². The van der Waals surface area contributed by atoms with Gasteiger partial charge >= 0.3 is 0 Å². The molecule has 0 aliphatic heterocycles. The Morgan fingerprint density at radius 1 is 1.60 bits per heavy atom. The summed E-state index contributed by atoms with van der Waals surface area (Å²) in [5.74, 6) is -0.364. The molecule has 0 saturated carbocycles. The SMILES string of the molecule is Cc1cc(F)[c-]cc1Cl.[Zn]. The third-order valence-electron chi connectivity index (χ3n) is 1.06. The zero-order valence-electron chi connectivity index (χ0n) is 5.62. The van der Waals surface area contributed by atoms with E-state index in [0.29, 0.717) is 5.02 Å². The molecule has 10 heavy (non-hydrogen) atoms. The van der Waals surface area contributed by atoms with Crippen molar-refractivity contribution >= 4 is 11.6 Å². The third-order valence-corrected chi connectivity index (χ3v) is 1.46. The van der Waals surface area contributed by atoms with Crippen LogP contribution in [-0.4, -0.2) is 0 Å². The molecule has 0 spiro atoms. The second-order valence-corrected chi connectivity index (χ2v) is 2.22. The van der Waals surface area contributed by atoms with Crippen LogP contribution in [0.4, 0.5) is 4.39 Å². The molecule has 1 aromatic carbocycles. The van der Waals surface area contributed by atoms with Crippen LogP contribution in [0.25, 0.3) is 0 Å². The minimum atomic E-state index is -0.364. The summed E-state index contributed by atoms with van der Waals surface area (Å²) in [6, 6.07) is 5.11.